The summed E-state index contributed by atoms with van der Waals surface area (Å²) in [4.78, 5) is 22.2. The fourth-order valence-electron chi connectivity index (χ4n) is 1.78. The Labute approximate surface area is 113 Å². The highest BCUT2D eigenvalue weighted by Gasteiger charge is 2.31. The Balaban J connectivity index is 2.11. The number of rotatable bonds is 3. The standard InChI is InChI=1S/C12H10FN3O4/c13-6-1-2-9-8(3-6)16-11(17)10(20-9)4-7(5-14)15-12(18)19/h1-3,7,10,15H,4H2,(H,16,17)(H,18,19)/t7?,10-/m0/s1. The van der Waals surface area contributed by atoms with Crippen molar-refractivity contribution in [1.29, 1.82) is 5.26 Å². The topological polar surface area (TPSA) is 111 Å². The molecule has 104 valence electrons. The molecule has 2 rings (SSSR count). The van der Waals surface area contributed by atoms with Crippen LogP contribution in [0, 0.1) is 17.1 Å². The van der Waals surface area contributed by atoms with Crippen molar-refractivity contribution in [3.63, 3.8) is 0 Å². The molecule has 0 aliphatic carbocycles. The number of carbonyl (C=O) groups excluding carboxylic acids is 1. The van der Waals surface area contributed by atoms with Crippen LogP contribution >= 0.6 is 0 Å². The first-order chi connectivity index (χ1) is 9.49. The van der Waals surface area contributed by atoms with E-state index < -0.39 is 30.0 Å². The Bertz CT molecular complexity index is 599. The maximum atomic E-state index is 13.0. The van der Waals surface area contributed by atoms with Gasteiger partial charge in [0.15, 0.2) is 6.10 Å². The Kier molecular flexibility index (Phi) is 3.70. The fraction of sp³-hybridized carbons (Fsp3) is 0.250. The fourth-order valence-corrected chi connectivity index (χ4v) is 1.78. The van der Waals surface area contributed by atoms with Crippen molar-refractivity contribution >= 4 is 17.7 Å². The van der Waals surface area contributed by atoms with Gasteiger partial charge in [0, 0.05) is 12.5 Å². The third-order valence-electron chi connectivity index (χ3n) is 2.66. The number of halogens is 1. The van der Waals surface area contributed by atoms with Crippen LogP contribution in [0.5, 0.6) is 5.75 Å². The number of nitrogens with zero attached hydrogens (tertiary/aromatic N) is 1. The number of carboxylic acid groups (broad SMARTS) is 1. The average molecular weight is 279 g/mol. The predicted molar refractivity (Wildman–Crippen MR) is 64.6 cm³/mol. The molecule has 1 unspecified atom stereocenters. The smallest absolute Gasteiger partial charge is 0.405 e. The summed E-state index contributed by atoms with van der Waals surface area (Å²) in [6.45, 7) is 0. The summed E-state index contributed by atoms with van der Waals surface area (Å²) in [5.74, 6) is -0.813. The molecule has 1 heterocycles. The molecule has 0 saturated carbocycles. The Morgan fingerprint density at radius 3 is 3.05 bits per heavy atom. The van der Waals surface area contributed by atoms with Crippen LogP contribution in [-0.4, -0.2) is 29.3 Å². The van der Waals surface area contributed by atoms with Crippen LogP contribution in [0.1, 0.15) is 6.42 Å². The molecule has 0 saturated heterocycles. The van der Waals surface area contributed by atoms with Crippen LogP contribution in [0.15, 0.2) is 18.2 Å². The van der Waals surface area contributed by atoms with E-state index in [0.717, 1.165) is 6.07 Å². The minimum Gasteiger partial charge on any atom is -0.478 e. The quantitative estimate of drug-likeness (QED) is 0.766. The zero-order valence-electron chi connectivity index (χ0n) is 10.1. The molecule has 1 aromatic rings. The van der Waals surface area contributed by atoms with Crippen LogP contribution in [0.4, 0.5) is 14.9 Å². The number of carbonyl (C=O) groups is 2. The van der Waals surface area contributed by atoms with Gasteiger partial charge in [0.1, 0.15) is 17.6 Å². The molecule has 8 heteroatoms. The van der Waals surface area contributed by atoms with Crippen LogP contribution in [0.2, 0.25) is 0 Å². The van der Waals surface area contributed by atoms with Crippen molar-refractivity contribution in [2.24, 2.45) is 0 Å². The van der Waals surface area contributed by atoms with Gasteiger partial charge in [0.25, 0.3) is 5.91 Å². The van der Waals surface area contributed by atoms with E-state index in [0.29, 0.717) is 0 Å². The summed E-state index contributed by atoms with van der Waals surface area (Å²) in [6.07, 6.45) is -2.54. The number of hydrogen-bond acceptors (Lipinski definition) is 4. The van der Waals surface area contributed by atoms with Crippen LogP contribution in [0.25, 0.3) is 0 Å². The van der Waals surface area contributed by atoms with Gasteiger partial charge < -0.3 is 20.5 Å². The van der Waals surface area contributed by atoms with Crippen molar-refractivity contribution in [3.05, 3.63) is 24.0 Å². The molecule has 2 amide bonds. The van der Waals surface area contributed by atoms with E-state index in [4.69, 9.17) is 15.1 Å². The van der Waals surface area contributed by atoms with Crippen LogP contribution in [0.3, 0.4) is 0 Å². The molecule has 1 aliphatic rings. The summed E-state index contributed by atoms with van der Waals surface area (Å²) in [6, 6.07) is 4.28. The molecule has 3 N–H and O–H groups in total. The molecule has 0 radical (unpaired) electrons. The van der Waals surface area contributed by atoms with Crippen molar-refractivity contribution in [2.75, 3.05) is 5.32 Å². The number of benzene rings is 1. The van der Waals surface area contributed by atoms with Crippen LogP contribution in [-0.2, 0) is 4.79 Å². The van der Waals surface area contributed by atoms with E-state index in [2.05, 4.69) is 5.32 Å². The van der Waals surface area contributed by atoms with E-state index in [1.165, 1.54) is 12.1 Å². The third-order valence-corrected chi connectivity index (χ3v) is 2.66. The SMILES string of the molecule is N#CC(C[C@@H]1Oc2ccc(F)cc2NC1=O)NC(=O)O. The van der Waals surface area contributed by atoms with E-state index in [1.54, 1.807) is 6.07 Å². The monoisotopic (exact) mass is 279 g/mol. The van der Waals surface area contributed by atoms with E-state index >= 15 is 0 Å². The lowest BCUT2D eigenvalue weighted by Crippen LogP contribution is -2.43. The van der Waals surface area contributed by atoms with E-state index in [1.807, 2.05) is 5.32 Å². The number of nitriles is 1. The maximum Gasteiger partial charge on any atom is 0.405 e. The number of nitrogens with one attached hydrogen (secondary N) is 2. The summed E-state index contributed by atoms with van der Waals surface area (Å²) < 4.78 is 18.4. The number of fused-ring (bicyclic) bond motifs is 1. The summed E-state index contributed by atoms with van der Waals surface area (Å²) in [5, 5.41) is 21.8. The zero-order chi connectivity index (χ0) is 14.7. The lowest BCUT2D eigenvalue weighted by atomic mass is 10.1. The van der Waals surface area contributed by atoms with Gasteiger partial charge in [-0.3, -0.25) is 4.79 Å². The first-order valence-electron chi connectivity index (χ1n) is 5.65. The molecule has 1 aliphatic heterocycles. The second-order valence-corrected chi connectivity index (χ2v) is 4.10. The number of anilines is 1. The van der Waals surface area contributed by atoms with E-state index in [-0.39, 0.29) is 17.9 Å². The number of amides is 2. The zero-order valence-corrected chi connectivity index (χ0v) is 10.1. The lowest BCUT2D eigenvalue weighted by Gasteiger charge is -2.26. The Hall–Kier alpha value is -2.82. The molecular formula is C12H10FN3O4. The summed E-state index contributed by atoms with van der Waals surface area (Å²) in [7, 11) is 0. The Morgan fingerprint density at radius 1 is 1.65 bits per heavy atom. The molecule has 0 bridgehead atoms. The van der Waals surface area contributed by atoms with Crippen molar-refractivity contribution < 1.29 is 23.8 Å². The predicted octanol–water partition coefficient (Wildman–Crippen LogP) is 1.08. The van der Waals surface area contributed by atoms with Gasteiger partial charge >= 0.3 is 6.09 Å². The van der Waals surface area contributed by atoms with Crippen molar-refractivity contribution in [1.82, 2.24) is 5.32 Å². The van der Waals surface area contributed by atoms with Gasteiger partial charge in [0.05, 0.1) is 11.8 Å². The minimum absolute atomic E-state index is 0.147. The van der Waals surface area contributed by atoms with Gasteiger partial charge in [-0.25, -0.2) is 9.18 Å². The molecular weight excluding hydrogens is 269 g/mol. The summed E-state index contributed by atoms with van der Waals surface area (Å²) in [5.41, 5.74) is 0.200. The first kappa shape index (κ1) is 13.6. The summed E-state index contributed by atoms with van der Waals surface area (Å²) >= 11 is 0. The largest absolute Gasteiger partial charge is 0.478 e. The highest BCUT2D eigenvalue weighted by molar-refractivity contribution is 5.97. The molecule has 0 fully saturated rings. The molecule has 20 heavy (non-hydrogen) atoms. The molecule has 1 aromatic carbocycles. The second kappa shape index (κ2) is 5.44. The molecule has 2 atom stereocenters. The number of ether oxygens (including phenoxy) is 1. The van der Waals surface area contributed by atoms with Gasteiger partial charge in [-0.1, -0.05) is 0 Å². The average Bonchev–Trinajstić information content (AvgIpc) is 2.38. The number of hydrogen-bond donors (Lipinski definition) is 3. The van der Waals surface area contributed by atoms with Gasteiger partial charge in [-0.05, 0) is 12.1 Å². The van der Waals surface area contributed by atoms with E-state index in [9.17, 15) is 14.0 Å². The highest BCUT2D eigenvalue weighted by atomic mass is 19.1. The molecule has 0 spiro atoms. The first-order valence-corrected chi connectivity index (χ1v) is 5.65. The second-order valence-electron chi connectivity index (χ2n) is 4.10. The maximum absolute atomic E-state index is 13.0. The highest BCUT2D eigenvalue weighted by Crippen LogP contribution is 2.31. The van der Waals surface area contributed by atoms with Gasteiger partial charge in [0.2, 0.25) is 0 Å². The van der Waals surface area contributed by atoms with Crippen molar-refractivity contribution in [2.45, 2.75) is 18.6 Å². The Morgan fingerprint density at radius 2 is 2.40 bits per heavy atom. The molecule has 0 aromatic heterocycles. The minimum atomic E-state index is -1.37. The van der Waals surface area contributed by atoms with Gasteiger partial charge in [-0.15, -0.1) is 0 Å². The molecule has 7 nitrogen and oxygen atoms in total. The van der Waals surface area contributed by atoms with Crippen LogP contribution < -0.4 is 15.4 Å². The normalized spacial score (nSPS) is 18.0. The van der Waals surface area contributed by atoms with Crippen molar-refractivity contribution in [3.8, 4) is 11.8 Å². The van der Waals surface area contributed by atoms with Gasteiger partial charge in [-0.2, -0.15) is 5.26 Å². The lowest BCUT2D eigenvalue weighted by molar-refractivity contribution is -0.123. The third kappa shape index (κ3) is 2.95.